The van der Waals surface area contributed by atoms with Gasteiger partial charge in [-0.05, 0) is 24.0 Å². The van der Waals surface area contributed by atoms with Gasteiger partial charge >= 0.3 is 0 Å². The summed E-state index contributed by atoms with van der Waals surface area (Å²) in [6, 6.07) is 5.87. The second-order valence-electron chi connectivity index (χ2n) is 4.99. The van der Waals surface area contributed by atoms with Crippen LogP contribution in [0, 0.1) is 11.2 Å². The maximum atomic E-state index is 12.8. The van der Waals surface area contributed by atoms with Gasteiger partial charge in [0, 0.05) is 12.0 Å². The summed E-state index contributed by atoms with van der Waals surface area (Å²) in [4.78, 5) is 11.7. The maximum Gasteiger partial charge on any atom is 0.162 e. The summed E-state index contributed by atoms with van der Waals surface area (Å²) in [6.07, 6.45) is 1.30. The third kappa shape index (κ3) is 4.24. The zero-order valence-electron chi connectivity index (χ0n) is 9.51. The molecule has 0 aliphatic heterocycles. The minimum Gasteiger partial charge on any atom is -0.294 e. The van der Waals surface area contributed by atoms with E-state index >= 15 is 0 Å². The molecule has 1 nitrogen and oxygen atoms in total. The van der Waals surface area contributed by atoms with Crippen molar-refractivity contribution >= 4 is 5.78 Å². The first-order valence-electron chi connectivity index (χ1n) is 5.17. The van der Waals surface area contributed by atoms with E-state index in [1.54, 1.807) is 12.1 Å². The molecule has 0 spiro atoms. The normalized spacial score (nSPS) is 11.5. The molecule has 1 rings (SSSR count). The Morgan fingerprint density at radius 3 is 2.53 bits per heavy atom. The smallest absolute Gasteiger partial charge is 0.162 e. The lowest BCUT2D eigenvalue weighted by Gasteiger charge is -2.16. The van der Waals surface area contributed by atoms with Gasteiger partial charge in [-0.15, -0.1) is 0 Å². The largest absolute Gasteiger partial charge is 0.294 e. The Kier molecular flexibility index (Phi) is 3.61. The Hall–Kier alpha value is -1.18. The van der Waals surface area contributed by atoms with Gasteiger partial charge in [0.2, 0.25) is 0 Å². The Morgan fingerprint density at radius 1 is 1.33 bits per heavy atom. The first kappa shape index (κ1) is 11.9. The fraction of sp³-hybridized carbons (Fsp3) is 0.462. The summed E-state index contributed by atoms with van der Waals surface area (Å²) in [7, 11) is 0. The van der Waals surface area contributed by atoms with Crippen LogP contribution in [0.2, 0.25) is 0 Å². The molecule has 1 aromatic rings. The van der Waals surface area contributed by atoms with Crippen LogP contribution in [0.4, 0.5) is 4.39 Å². The molecule has 0 aromatic heterocycles. The molecule has 0 amide bonds. The molecule has 0 heterocycles. The van der Waals surface area contributed by atoms with Crippen molar-refractivity contribution in [1.82, 2.24) is 0 Å². The van der Waals surface area contributed by atoms with Crippen molar-refractivity contribution in [3.8, 4) is 0 Å². The van der Waals surface area contributed by atoms with Crippen molar-refractivity contribution in [2.24, 2.45) is 5.41 Å². The number of hydrogen-bond acceptors (Lipinski definition) is 1. The third-order valence-corrected chi connectivity index (χ3v) is 2.25. The van der Waals surface area contributed by atoms with Crippen molar-refractivity contribution in [3.63, 3.8) is 0 Å². The molecule has 0 atom stereocenters. The van der Waals surface area contributed by atoms with Crippen molar-refractivity contribution in [2.75, 3.05) is 0 Å². The number of ketones is 1. The highest BCUT2D eigenvalue weighted by molar-refractivity contribution is 5.96. The van der Waals surface area contributed by atoms with Gasteiger partial charge in [-0.25, -0.2) is 4.39 Å². The SMILES string of the molecule is CC(C)(C)CCC(=O)c1cccc(F)c1. The van der Waals surface area contributed by atoms with Crippen molar-refractivity contribution in [3.05, 3.63) is 35.6 Å². The molecule has 0 saturated heterocycles. The van der Waals surface area contributed by atoms with Crippen molar-refractivity contribution < 1.29 is 9.18 Å². The summed E-state index contributed by atoms with van der Waals surface area (Å²) in [5.41, 5.74) is 0.613. The molecule has 0 aliphatic rings. The van der Waals surface area contributed by atoms with E-state index < -0.39 is 0 Å². The molecule has 0 unspecified atom stereocenters. The molecular formula is C13H17FO. The predicted molar refractivity (Wildman–Crippen MR) is 59.4 cm³/mol. The van der Waals surface area contributed by atoms with E-state index in [0.29, 0.717) is 12.0 Å². The average Bonchev–Trinajstić information content (AvgIpc) is 2.13. The van der Waals surface area contributed by atoms with Crippen LogP contribution in [-0.4, -0.2) is 5.78 Å². The average molecular weight is 208 g/mol. The van der Waals surface area contributed by atoms with Crippen LogP contribution in [-0.2, 0) is 0 Å². The molecule has 0 bridgehead atoms. The fourth-order valence-electron chi connectivity index (χ4n) is 1.29. The van der Waals surface area contributed by atoms with Gasteiger partial charge in [0.25, 0.3) is 0 Å². The molecule has 0 saturated carbocycles. The quantitative estimate of drug-likeness (QED) is 0.690. The van der Waals surface area contributed by atoms with Gasteiger partial charge in [-0.3, -0.25) is 4.79 Å². The monoisotopic (exact) mass is 208 g/mol. The van der Waals surface area contributed by atoms with E-state index in [1.165, 1.54) is 12.1 Å². The minimum absolute atomic E-state index is 0.0180. The highest BCUT2D eigenvalue weighted by atomic mass is 19.1. The van der Waals surface area contributed by atoms with Crippen LogP contribution in [0.1, 0.15) is 44.0 Å². The lowest BCUT2D eigenvalue weighted by Crippen LogP contribution is -2.09. The summed E-state index contributed by atoms with van der Waals surface area (Å²) in [5.74, 6) is -0.332. The molecular weight excluding hydrogens is 191 g/mol. The van der Waals surface area contributed by atoms with Gasteiger partial charge in [0.05, 0.1) is 0 Å². The molecule has 82 valence electrons. The molecule has 0 fully saturated rings. The highest BCUT2D eigenvalue weighted by Crippen LogP contribution is 2.22. The van der Waals surface area contributed by atoms with Crippen LogP contribution in [0.3, 0.4) is 0 Å². The number of halogens is 1. The fourth-order valence-corrected chi connectivity index (χ4v) is 1.29. The van der Waals surface area contributed by atoms with Crippen LogP contribution < -0.4 is 0 Å². The number of Topliss-reactive ketones (excluding diaryl/α,β-unsaturated/α-hetero) is 1. The lowest BCUT2D eigenvalue weighted by atomic mass is 9.88. The third-order valence-electron chi connectivity index (χ3n) is 2.25. The minimum atomic E-state index is -0.350. The number of hydrogen-bond donors (Lipinski definition) is 0. The highest BCUT2D eigenvalue weighted by Gasteiger charge is 2.14. The van der Waals surface area contributed by atoms with Gasteiger partial charge in [-0.2, -0.15) is 0 Å². The van der Waals surface area contributed by atoms with E-state index in [-0.39, 0.29) is 17.0 Å². The van der Waals surface area contributed by atoms with E-state index in [2.05, 4.69) is 20.8 Å². The van der Waals surface area contributed by atoms with E-state index in [1.807, 2.05) is 0 Å². The summed E-state index contributed by atoms with van der Waals surface area (Å²) >= 11 is 0. The standard InChI is InChI=1S/C13H17FO/c1-13(2,3)8-7-12(15)10-5-4-6-11(14)9-10/h4-6,9H,7-8H2,1-3H3. The van der Waals surface area contributed by atoms with Crippen molar-refractivity contribution in [2.45, 2.75) is 33.6 Å². The molecule has 0 aliphatic carbocycles. The number of rotatable bonds is 3. The van der Waals surface area contributed by atoms with Gasteiger partial charge < -0.3 is 0 Å². The number of benzene rings is 1. The van der Waals surface area contributed by atoms with Crippen molar-refractivity contribution in [1.29, 1.82) is 0 Å². The summed E-state index contributed by atoms with van der Waals surface area (Å²) in [5, 5.41) is 0. The van der Waals surface area contributed by atoms with Gasteiger partial charge in [0.1, 0.15) is 5.82 Å². The van der Waals surface area contributed by atoms with Gasteiger partial charge in [-0.1, -0.05) is 32.9 Å². The Bertz CT molecular complexity index is 350. The van der Waals surface area contributed by atoms with Crippen LogP contribution in [0.25, 0.3) is 0 Å². The zero-order chi connectivity index (χ0) is 11.5. The molecule has 0 radical (unpaired) electrons. The number of carbonyl (C=O) groups is 1. The second kappa shape index (κ2) is 4.56. The first-order valence-corrected chi connectivity index (χ1v) is 5.17. The molecule has 0 N–H and O–H groups in total. The lowest BCUT2D eigenvalue weighted by molar-refractivity contribution is 0.0965. The van der Waals surface area contributed by atoms with Gasteiger partial charge in [0.15, 0.2) is 5.78 Å². The second-order valence-corrected chi connectivity index (χ2v) is 4.99. The Balaban J connectivity index is 2.62. The summed E-state index contributed by atoms with van der Waals surface area (Å²) < 4.78 is 12.8. The van der Waals surface area contributed by atoms with E-state index in [9.17, 15) is 9.18 Å². The Labute approximate surface area is 90.3 Å². The van der Waals surface area contributed by atoms with E-state index in [4.69, 9.17) is 0 Å². The molecule has 2 heteroatoms. The topological polar surface area (TPSA) is 17.1 Å². The van der Waals surface area contributed by atoms with E-state index in [0.717, 1.165) is 6.42 Å². The molecule has 15 heavy (non-hydrogen) atoms. The molecule has 1 aromatic carbocycles. The van der Waals surface area contributed by atoms with Crippen LogP contribution in [0.5, 0.6) is 0 Å². The van der Waals surface area contributed by atoms with Crippen LogP contribution in [0.15, 0.2) is 24.3 Å². The maximum absolute atomic E-state index is 12.8. The first-order chi connectivity index (χ1) is 6.88. The Morgan fingerprint density at radius 2 is 2.00 bits per heavy atom. The van der Waals surface area contributed by atoms with Crippen LogP contribution >= 0.6 is 0 Å². The number of carbonyl (C=O) groups excluding carboxylic acids is 1. The summed E-state index contributed by atoms with van der Waals surface area (Å²) in [6.45, 7) is 6.27. The zero-order valence-corrected chi connectivity index (χ0v) is 9.51. The predicted octanol–water partition coefficient (Wildman–Crippen LogP) is 3.83.